The zero-order chi connectivity index (χ0) is 5.11. The molecule has 0 radical (unpaired) electrons. The number of carbonyl (C=O) groups excluding carboxylic acids is 1. The molecular weight excluding hydrogens is 88.1 g/mol. The average molecular weight is 96.1 g/mol. The van der Waals surface area contributed by atoms with Crippen molar-refractivity contribution in [2.24, 2.45) is 5.92 Å². The lowest BCUT2D eigenvalue weighted by Gasteiger charge is -2.19. The van der Waals surface area contributed by atoms with E-state index in [1.54, 1.807) is 12.0 Å². The molecule has 0 amide bonds. The number of hydrogen-bond acceptors (Lipinski definition) is 1. The van der Waals surface area contributed by atoms with Gasteiger partial charge in [0, 0.05) is 6.08 Å². The Kier molecular flexibility index (Phi) is 1.28. The predicted octanol–water partition coefficient (Wildman–Crippen LogP) is 1.17. The van der Waals surface area contributed by atoms with Crippen molar-refractivity contribution in [2.45, 2.75) is 19.3 Å². The molecule has 0 bridgehead atoms. The molecule has 1 aliphatic carbocycles. The van der Waals surface area contributed by atoms with Crippen LogP contribution in [0, 0.1) is 5.92 Å². The topological polar surface area (TPSA) is 17.1 Å². The van der Waals surface area contributed by atoms with Gasteiger partial charge in [-0.1, -0.05) is 6.42 Å². The molecule has 0 aromatic heterocycles. The van der Waals surface area contributed by atoms with E-state index in [0.717, 1.165) is 0 Å². The lowest BCUT2D eigenvalue weighted by molar-refractivity contribution is 0.388. The van der Waals surface area contributed by atoms with E-state index in [1.165, 1.54) is 19.3 Å². The van der Waals surface area contributed by atoms with Crippen molar-refractivity contribution in [1.29, 1.82) is 0 Å². The van der Waals surface area contributed by atoms with Crippen LogP contribution in [0.15, 0.2) is 6.08 Å². The van der Waals surface area contributed by atoms with Gasteiger partial charge in [0.2, 0.25) is 0 Å². The molecule has 38 valence electrons. The zero-order valence-electron chi connectivity index (χ0n) is 4.18. The summed E-state index contributed by atoms with van der Waals surface area (Å²) in [6.45, 7) is 0. The van der Waals surface area contributed by atoms with Crippen molar-refractivity contribution >= 4 is 5.94 Å². The fourth-order valence-electron chi connectivity index (χ4n) is 0.703. The third kappa shape index (κ3) is 0.908. The predicted molar refractivity (Wildman–Crippen MR) is 27.6 cm³/mol. The lowest BCUT2D eigenvalue weighted by Crippen LogP contribution is -2.06. The van der Waals surface area contributed by atoms with Crippen molar-refractivity contribution in [1.82, 2.24) is 0 Å². The molecule has 7 heavy (non-hydrogen) atoms. The Hall–Kier alpha value is -0.550. The van der Waals surface area contributed by atoms with Crippen LogP contribution in [0.2, 0.25) is 0 Å². The largest absolute Gasteiger partial charge is 0.234 e. The van der Waals surface area contributed by atoms with Gasteiger partial charge < -0.3 is 0 Å². The minimum absolute atomic E-state index is 0.581. The van der Waals surface area contributed by atoms with E-state index in [9.17, 15) is 4.79 Å². The van der Waals surface area contributed by atoms with Crippen molar-refractivity contribution in [2.75, 3.05) is 0 Å². The standard InChI is InChI=1S/C6H8O/c7-5-4-6-2-1-3-6/h4,6H,1-3H2. The summed E-state index contributed by atoms with van der Waals surface area (Å²) in [7, 11) is 0. The summed E-state index contributed by atoms with van der Waals surface area (Å²) < 4.78 is 0. The molecule has 1 fully saturated rings. The van der Waals surface area contributed by atoms with Gasteiger partial charge in [0.25, 0.3) is 0 Å². The summed E-state index contributed by atoms with van der Waals surface area (Å²) in [4.78, 5) is 9.63. The Morgan fingerprint density at radius 1 is 1.57 bits per heavy atom. The highest BCUT2D eigenvalue weighted by atomic mass is 16.1. The maximum Gasteiger partial charge on any atom is 0.120 e. The molecule has 1 nitrogen and oxygen atoms in total. The van der Waals surface area contributed by atoms with Crippen LogP contribution < -0.4 is 0 Å². The monoisotopic (exact) mass is 96.1 g/mol. The molecule has 0 unspecified atom stereocenters. The first-order valence-electron chi connectivity index (χ1n) is 2.64. The van der Waals surface area contributed by atoms with E-state index < -0.39 is 0 Å². The third-order valence-corrected chi connectivity index (χ3v) is 1.45. The minimum Gasteiger partial charge on any atom is -0.234 e. The van der Waals surface area contributed by atoms with E-state index in [0.29, 0.717) is 5.92 Å². The van der Waals surface area contributed by atoms with Crippen LogP contribution in [0.1, 0.15) is 19.3 Å². The number of hydrogen-bond donors (Lipinski definition) is 0. The average Bonchev–Trinajstić information content (AvgIpc) is 1.55. The van der Waals surface area contributed by atoms with Gasteiger partial charge in [-0.3, -0.25) is 0 Å². The second kappa shape index (κ2) is 1.94. The molecule has 0 N–H and O–H groups in total. The van der Waals surface area contributed by atoms with E-state index in [4.69, 9.17) is 0 Å². The van der Waals surface area contributed by atoms with Crippen LogP contribution in [0.4, 0.5) is 0 Å². The van der Waals surface area contributed by atoms with Gasteiger partial charge in [-0.05, 0) is 18.8 Å². The summed E-state index contributed by atoms with van der Waals surface area (Å²) in [5, 5.41) is 0. The first-order chi connectivity index (χ1) is 3.43. The Balaban J connectivity index is 2.27. The lowest BCUT2D eigenvalue weighted by atomic mass is 9.86. The second-order valence-electron chi connectivity index (χ2n) is 1.98. The van der Waals surface area contributed by atoms with Crippen LogP contribution in [0.25, 0.3) is 0 Å². The van der Waals surface area contributed by atoms with Crippen LogP contribution in [-0.2, 0) is 4.79 Å². The molecule has 0 aromatic carbocycles. The Labute approximate surface area is 43.0 Å². The number of rotatable bonds is 1. The van der Waals surface area contributed by atoms with Crippen molar-refractivity contribution in [3.05, 3.63) is 6.08 Å². The van der Waals surface area contributed by atoms with Crippen LogP contribution >= 0.6 is 0 Å². The van der Waals surface area contributed by atoms with Crippen molar-refractivity contribution in [3.8, 4) is 0 Å². The smallest absolute Gasteiger partial charge is 0.120 e. The zero-order valence-corrected chi connectivity index (χ0v) is 4.18. The van der Waals surface area contributed by atoms with Gasteiger partial charge in [-0.2, -0.15) is 0 Å². The molecule has 1 heteroatoms. The highest BCUT2D eigenvalue weighted by Gasteiger charge is 2.13. The Morgan fingerprint density at radius 3 is 2.43 bits per heavy atom. The molecule has 0 spiro atoms. The highest BCUT2D eigenvalue weighted by molar-refractivity contribution is 5.45. The molecule has 1 aliphatic rings. The van der Waals surface area contributed by atoms with Crippen LogP contribution in [-0.4, -0.2) is 5.94 Å². The van der Waals surface area contributed by atoms with Gasteiger partial charge in [-0.25, -0.2) is 4.79 Å². The quantitative estimate of drug-likeness (QED) is 0.448. The van der Waals surface area contributed by atoms with Crippen molar-refractivity contribution < 1.29 is 4.79 Å². The maximum absolute atomic E-state index is 9.63. The minimum atomic E-state index is 0.581. The third-order valence-electron chi connectivity index (χ3n) is 1.45. The maximum atomic E-state index is 9.63. The van der Waals surface area contributed by atoms with Gasteiger partial charge in [0.1, 0.15) is 5.94 Å². The normalized spacial score (nSPS) is 20.0. The molecule has 0 aliphatic heterocycles. The Bertz CT molecular complexity index is 96.7. The SMILES string of the molecule is O=C=CC1CCC1. The van der Waals surface area contributed by atoms with Crippen LogP contribution in [0.3, 0.4) is 0 Å². The molecule has 0 atom stereocenters. The molecule has 0 saturated heterocycles. The van der Waals surface area contributed by atoms with Gasteiger partial charge >= 0.3 is 0 Å². The van der Waals surface area contributed by atoms with E-state index in [-0.39, 0.29) is 0 Å². The summed E-state index contributed by atoms with van der Waals surface area (Å²) in [5.74, 6) is 2.38. The first kappa shape index (κ1) is 4.61. The molecule has 1 rings (SSSR count). The highest BCUT2D eigenvalue weighted by Crippen LogP contribution is 2.26. The second-order valence-corrected chi connectivity index (χ2v) is 1.98. The molecular formula is C6H8O. The molecule has 1 saturated carbocycles. The fourth-order valence-corrected chi connectivity index (χ4v) is 0.703. The van der Waals surface area contributed by atoms with Gasteiger partial charge in [0.05, 0.1) is 0 Å². The summed E-state index contributed by atoms with van der Waals surface area (Å²) in [5.41, 5.74) is 0. The van der Waals surface area contributed by atoms with E-state index in [1.807, 2.05) is 0 Å². The first-order valence-corrected chi connectivity index (χ1v) is 2.64. The van der Waals surface area contributed by atoms with E-state index >= 15 is 0 Å². The van der Waals surface area contributed by atoms with Gasteiger partial charge in [0.15, 0.2) is 0 Å². The molecule has 0 aromatic rings. The summed E-state index contributed by atoms with van der Waals surface area (Å²) in [6, 6.07) is 0. The van der Waals surface area contributed by atoms with Crippen molar-refractivity contribution in [3.63, 3.8) is 0 Å². The van der Waals surface area contributed by atoms with Gasteiger partial charge in [-0.15, -0.1) is 0 Å². The Morgan fingerprint density at radius 2 is 2.29 bits per heavy atom. The summed E-state index contributed by atoms with van der Waals surface area (Å²) in [6.07, 6.45) is 5.33. The number of allylic oxidation sites excluding steroid dienone is 1. The fraction of sp³-hybridized carbons (Fsp3) is 0.667. The summed E-state index contributed by atoms with van der Waals surface area (Å²) >= 11 is 0. The van der Waals surface area contributed by atoms with Crippen LogP contribution in [0.5, 0.6) is 0 Å². The van der Waals surface area contributed by atoms with E-state index in [2.05, 4.69) is 0 Å². The molecule has 0 heterocycles.